The predicted molar refractivity (Wildman–Crippen MR) is 165 cm³/mol. The van der Waals surface area contributed by atoms with Gasteiger partial charge in [0.25, 0.3) is 5.78 Å². The van der Waals surface area contributed by atoms with Gasteiger partial charge in [0.15, 0.2) is 4.34 Å². The number of aromatic nitrogens is 2. The summed E-state index contributed by atoms with van der Waals surface area (Å²) in [5.74, 6) is -1.24. The number of unbranched alkanes of at least 4 members (excludes halogenated alkanes) is 1. The first-order chi connectivity index (χ1) is 20.9. The van der Waals surface area contributed by atoms with Gasteiger partial charge in [-0.3, -0.25) is 14.5 Å². The number of thioether (sulfide) groups is 1. The summed E-state index contributed by atoms with van der Waals surface area (Å²) < 4.78 is 11.1. The Hall–Kier alpha value is -4.48. The quantitative estimate of drug-likeness (QED) is 0.0388. The van der Waals surface area contributed by atoms with Crippen LogP contribution in [-0.2, 0) is 20.1 Å². The Bertz CT molecular complexity index is 1640. The summed E-state index contributed by atoms with van der Waals surface area (Å²) in [6, 6.07) is 21.9. The van der Waals surface area contributed by atoms with Crippen molar-refractivity contribution in [2.75, 3.05) is 18.6 Å². The molecule has 0 spiro atoms. The fraction of sp³-hybridized carbons (Fsp3) is 0.219. The first kappa shape index (κ1) is 30.0. The zero-order valence-corrected chi connectivity index (χ0v) is 25.2. The Kier molecular flexibility index (Phi) is 9.53. The summed E-state index contributed by atoms with van der Waals surface area (Å²) in [6.07, 6.45) is 1.92. The summed E-state index contributed by atoms with van der Waals surface area (Å²) in [5.41, 5.74) is 2.17. The first-order valence-electron chi connectivity index (χ1n) is 13.6. The van der Waals surface area contributed by atoms with Gasteiger partial charge in [-0.25, -0.2) is 4.79 Å². The van der Waals surface area contributed by atoms with Crippen LogP contribution < -0.4 is 9.64 Å². The number of aliphatic hydroxyl groups excluding tert-OH is 1. The van der Waals surface area contributed by atoms with Crippen molar-refractivity contribution < 1.29 is 29.0 Å². The molecule has 1 amide bonds. The summed E-state index contributed by atoms with van der Waals surface area (Å²) in [5, 5.41) is 20.2. The number of Topliss-reactive ketones (excluding diaryl/α,β-unsaturated/α-hetero) is 1. The second-order valence-corrected chi connectivity index (χ2v) is 11.8. The Morgan fingerprint density at radius 3 is 2.35 bits per heavy atom. The molecule has 43 heavy (non-hydrogen) atoms. The highest BCUT2D eigenvalue weighted by Gasteiger charge is 2.48. The fourth-order valence-corrected chi connectivity index (χ4v) is 6.36. The molecule has 5 rings (SSSR count). The summed E-state index contributed by atoms with van der Waals surface area (Å²) >= 11 is 2.65. The minimum Gasteiger partial charge on any atom is -0.507 e. The number of carbonyl (C=O) groups is 3. The number of methoxy groups -OCH3 is 1. The van der Waals surface area contributed by atoms with Gasteiger partial charge in [0.2, 0.25) is 5.13 Å². The van der Waals surface area contributed by atoms with Crippen LogP contribution in [0.25, 0.3) is 5.76 Å². The number of hydrogen-bond donors (Lipinski definition) is 1. The molecule has 1 N–H and O–H groups in total. The Labute approximate surface area is 257 Å². The van der Waals surface area contributed by atoms with Crippen LogP contribution in [0.4, 0.5) is 5.13 Å². The third kappa shape index (κ3) is 6.63. The van der Waals surface area contributed by atoms with Crippen molar-refractivity contribution in [3.63, 3.8) is 0 Å². The molecular weight excluding hydrogens is 587 g/mol. The SMILES string of the molecule is CCCCOc1ccc(C(O)=C2C(=O)C(=O)N(c3nnc(SCc4ccccc4)s3)C2c2ccc(C(=O)OC)cc2)cc1. The largest absolute Gasteiger partial charge is 0.507 e. The Morgan fingerprint density at radius 2 is 1.67 bits per heavy atom. The molecule has 1 atom stereocenters. The van der Waals surface area contributed by atoms with Gasteiger partial charge in [-0.15, -0.1) is 10.2 Å². The summed E-state index contributed by atoms with van der Waals surface area (Å²) in [4.78, 5) is 40.3. The smallest absolute Gasteiger partial charge is 0.337 e. The maximum Gasteiger partial charge on any atom is 0.337 e. The number of benzene rings is 3. The minimum absolute atomic E-state index is 0.0934. The number of esters is 1. The molecule has 3 aromatic carbocycles. The molecule has 1 unspecified atom stereocenters. The van der Waals surface area contributed by atoms with Crippen LogP contribution in [0.1, 0.15) is 52.9 Å². The summed E-state index contributed by atoms with van der Waals surface area (Å²) in [6.45, 7) is 2.65. The number of ether oxygens (including phenoxy) is 2. The number of rotatable bonds is 11. The van der Waals surface area contributed by atoms with Crippen molar-refractivity contribution in [3.8, 4) is 5.75 Å². The number of carbonyl (C=O) groups excluding carboxylic acids is 3. The summed E-state index contributed by atoms with van der Waals surface area (Å²) in [7, 11) is 1.29. The number of ketones is 1. The molecule has 220 valence electrons. The van der Waals surface area contributed by atoms with E-state index in [0.717, 1.165) is 18.4 Å². The van der Waals surface area contributed by atoms with E-state index >= 15 is 0 Å². The van der Waals surface area contributed by atoms with Crippen LogP contribution in [0.3, 0.4) is 0 Å². The molecule has 1 aromatic heterocycles. The Morgan fingerprint density at radius 1 is 0.977 bits per heavy atom. The van der Waals surface area contributed by atoms with Gasteiger partial charge in [0, 0.05) is 11.3 Å². The molecule has 0 aliphatic carbocycles. The van der Waals surface area contributed by atoms with Gasteiger partial charge in [-0.2, -0.15) is 0 Å². The van der Waals surface area contributed by atoms with E-state index in [1.165, 1.54) is 35.1 Å². The predicted octanol–water partition coefficient (Wildman–Crippen LogP) is 6.42. The lowest BCUT2D eigenvalue weighted by atomic mass is 9.94. The van der Waals surface area contributed by atoms with E-state index in [2.05, 4.69) is 17.1 Å². The highest BCUT2D eigenvalue weighted by atomic mass is 32.2. The first-order valence-corrected chi connectivity index (χ1v) is 15.4. The van der Waals surface area contributed by atoms with Crippen LogP contribution in [0.2, 0.25) is 0 Å². The van der Waals surface area contributed by atoms with Crippen molar-refractivity contribution >= 4 is 51.6 Å². The maximum absolute atomic E-state index is 13.5. The zero-order chi connectivity index (χ0) is 30.3. The second kappa shape index (κ2) is 13.7. The van der Waals surface area contributed by atoms with E-state index in [-0.39, 0.29) is 16.5 Å². The Balaban J connectivity index is 1.51. The van der Waals surface area contributed by atoms with Crippen molar-refractivity contribution in [1.82, 2.24) is 10.2 Å². The van der Waals surface area contributed by atoms with Gasteiger partial charge < -0.3 is 14.6 Å². The van der Waals surface area contributed by atoms with E-state index in [0.29, 0.717) is 39.1 Å². The standard InChI is InChI=1S/C32H29N3O6S2/c1-3-4-18-41-24-16-14-22(15-17-24)27(36)25-26(21-10-12-23(13-11-21)30(39)40-2)35(29(38)28(25)37)31-33-34-32(43-31)42-19-20-8-6-5-7-9-20/h5-17,26,36H,3-4,18-19H2,1-2H3. The lowest BCUT2D eigenvalue weighted by Crippen LogP contribution is -2.29. The van der Waals surface area contributed by atoms with E-state index in [9.17, 15) is 19.5 Å². The highest BCUT2D eigenvalue weighted by Crippen LogP contribution is 2.44. The maximum atomic E-state index is 13.5. The molecule has 1 aliphatic rings. The van der Waals surface area contributed by atoms with Gasteiger partial charge in [-0.1, -0.05) is 78.9 Å². The molecule has 4 aromatic rings. The van der Waals surface area contributed by atoms with Crippen molar-refractivity contribution in [1.29, 1.82) is 0 Å². The van der Waals surface area contributed by atoms with E-state index in [1.54, 1.807) is 48.5 Å². The highest BCUT2D eigenvalue weighted by molar-refractivity contribution is 8.00. The normalized spacial score (nSPS) is 16.0. The van der Waals surface area contributed by atoms with E-state index in [4.69, 9.17) is 9.47 Å². The minimum atomic E-state index is -1.01. The van der Waals surface area contributed by atoms with E-state index < -0.39 is 23.7 Å². The average Bonchev–Trinajstić information content (AvgIpc) is 3.62. The van der Waals surface area contributed by atoms with Crippen LogP contribution in [0.5, 0.6) is 5.75 Å². The topological polar surface area (TPSA) is 119 Å². The zero-order valence-electron chi connectivity index (χ0n) is 23.6. The number of aliphatic hydroxyl groups is 1. The van der Waals surface area contributed by atoms with E-state index in [1.807, 2.05) is 30.3 Å². The van der Waals surface area contributed by atoms with Crippen molar-refractivity contribution in [2.24, 2.45) is 0 Å². The van der Waals surface area contributed by atoms with Crippen LogP contribution in [-0.4, -0.2) is 46.7 Å². The van der Waals surface area contributed by atoms with Crippen LogP contribution >= 0.6 is 23.1 Å². The van der Waals surface area contributed by atoms with Crippen LogP contribution in [0, 0.1) is 0 Å². The second-order valence-electron chi connectivity index (χ2n) is 9.63. The van der Waals surface area contributed by atoms with Gasteiger partial charge in [-0.05, 0) is 53.9 Å². The van der Waals surface area contributed by atoms with Crippen LogP contribution in [0.15, 0.2) is 88.8 Å². The monoisotopic (exact) mass is 615 g/mol. The molecule has 0 saturated carbocycles. The lowest BCUT2D eigenvalue weighted by Gasteiger charge is -2.22. The molecule has 0 bridgehead atoms. The fourth-order valence-electron chi connectivity index (χ4n) is 4.54. The molecule has 2 heterocycles. The van der Waals surface area contributed by atoms with Gasteiger partial charge >= 0.3 is 11.9 Å². The number of amides is 1. The third-order valence-electron chi connectivity index (χ3n) is 6.79. The van der Waals surface area contributed by atoms with Gasteiger partial charge in [0.05, 0.1) is 30.9 Å². The molecule has 11 heteroatoms. The molecule has 1 aliphatic heterocycles. The molecule has 9 nitrogen and oxygen atoms in total. The average molecular weight is 616 g/mol. The molecule has 1 saturated heterocycles. The molecule has 0 radical (unpaired) electrons. The lowest BCUT2D eigenvalue weighted by molar-refractivity contribution is -0.132. The third-order valence-corrected chi connectivity index (χ3v) is 8.92. The number of hydrogen-bond acceptors (Lipinski definition) is 10. The van der Waals surface area contributed by atoms with Crippen molar-refractivity contribution in [3.05, 3.63) is 107 Å². The molecular formula is C32H29N3O6S2. The van der Waals surface area contributed by atoms with Crippen molar-refractivity contribution in [2.45, 2.75) is 35.9 Å². The van der Waals surface area contributed by atoms with Gasteiger partial charge in [0.1, 0.15) is 11.5 Å². The number of anilines is 1. The number of nitrogens with zero attached hydrogens (tertiary/aromatic N) is 3. The molecule has 1 fully saturated rings.